The number of nitrogens with zero attached hydrogens (tertiary/aromatic N) is 1. The molecule has 30 heavy (non-hydrogen) atoms. The molecule has 0 saturated heterocycles. The highest BCUT2D eigenvalue weighted by molar-refractivity contribution is 5.77. The predicted octanol–water partition coefficient (Wildman–Crippen LogP) is 5.67. The van der Waals surface area contributed by atoms with Gasteiger partial charge in [-0.05, 0) is 35.1 Å². The summed E-state index contributed by atoms with van der Waals surface area (Å²) in [5.41, 5.74) is 4.14. The Morgan fingerprint density at radius 2 is 1.80 bits per heavy atom. The van der Waals surface area contributed by atoms with Gasteiger partial charge in [0.2, 0.25) is 5.91 Å². The first kappa shape index (κ1) is 25.2. The highest BCUT2D eigenvalue weighted by atomic mass is 16.2. The van der Waals surface area contributed by atoms with Gasteiger partial charge in [-0.2, -0.15) is 0 Å². The van der Waals surface area contributed by atoms with Crippen molar-refractivity contribution >= 4 is 5.91 Å². The fraction of sp³-hybridized carbons (Fsp3) is 0.370. The fourth-order valence-electron chi connectivity index (χ4n) is 3.44. The van der Waals surface area contributed by atoms with Crippen molar-refractivity contribution in [3.63, 3.8) is 0 Å². The largest absolute Gasteiger partial charge is 0.400 e. The van der Waals surface area contributed by atoms with Crippen LogP contribution in [0.3, 0.4) is 0 Å². The number of hydrogen-bond donors (Lipinski definition) is 1. The van der Waals surface area contributed by atoms with Gasteiger partial charge in [-0.1, -0.05) is 81.7 Å². The molecule has 0 saturated carbocycles. The molecule has 2 rings (SSSR count). The van der Waals surface area contributed by atoms with E-state index in [-0.39, 0.29) is 11.9 Å². The van der Waals surface area contributed by atoms with Crippen molar-refractivity contribution < 1.29 is 9.90 Å². The molecular weight excluding hydrogens is 370 g/mol. The van der Waals surface area contributed by atoms with Crippen LogP contribution >= 0.6 is 0 Å². The molecule has 3 heteroatoms. The van der Waals surface area contributed by atoms with Crippen LogP contribution in [0.5, 0.6) is 0 Å². The van der Waals surface area contributed by atoms with Gasteiger partial charge in [-0.3, -0.25) is 4.79 Å². The smallest absolute Gasteiger partial charge is 0.223 e. The Bertz CT molecular complexity index is 831. The van der Waals surface area contributed by atoms with Crippen LogP contribution < -0.4 is 0 Å². The molecule has 0 heterocycles. The van der Waals surface area contributed by atoms with Crippen molar-refractivity contribution in [1.29, 1.82) is 0 Å². The Hall–Kier alpha value is -2.83. The number of terminal acetylenes is 1. The molecule has 0 fully saturated rings. The zero-order valence-corrected chi connectivity index (χ0v) is 18.8. The summed E-state index contributed by atoms with van der Waals surface area (Å²) in [4.78, 5) is 14.8. The van der Waals surface area contributed by atoms with Crippen LogP contribution in [0.2, 0.25) is 0 Å². The second-order valence-electron chi connectivity index (χ2n) is 7.48. The molecule has 2 aromatic rings. The number of benzene rings is 2. The van der Waals surface area contributed by atoms with E-state index < -0.39 is 0 Å². The minimum absolute atomic E-state index is 0.0335. The number of rotatable bonds is 9. The Kier molecular flexibility index (Phi) is 11.3. The topological polar surface area (TPSA) is 40.5 Å². The fourth-order valence-corrected chi connectivity index (χ4v) is 3.44. The molecule has 0 aliphatic carbocycles. The molecule has 0 aliphatic heterocycles. The lowest BCUT2D eigenvalue weighted by molar-refractivity contribution is -0.134. The Labute approximate surface area is 182 Å². The van der Waals surface area contributed by atoms with Crippen molar-refractivity contribution in [2.45, 2.75) is 52.6 Å². The predicted molar refractivity (Wildman–Crippen MR) is 127 cm³/mol. The summed E-state index contributed by atoms with van der Waals surface area (Å²) >= 11 is 0. The maximum Gasteiger partial charge on any atom is 0.223 e. The Morgan fingerprint density at radius 3 is 2.33 bits per heavy atom. The molecular formula is C27H35NO2. The first-order valence-corrected chi connectivity index (χ1v) is 10.5. The Balaban J connectivity index is 0.00000218. The van der Waals surface area contributed by atoms with Gasteiger partial charge in [0, 0.05) is 25.6 Å². The second kappa shape index (κ2) is 13.4. The van der Waals surface area contributed by atoms with Crippen LogP contribution in [0.15, 0.2) is 61.2 Å². The van der Waals surface area contributed by atoms with E-state index in [1.165, 1.54) is 0 Å². The van der Waals surface area contributed by atoms with E-state index >= 15 is 0 Å². The summed E-state index contributed by atoms with van der Waals surface area (Å²) in [6.45, 7) is 10.9. The van der Waals surface area contributed by atoms with Crippen molar-refractivity contribution in [2.24, 2.45) is 5.92 Å². The van der Waals surface area contributed by atoms with Crippen molar-refractivity contribution in [3.05, 3.63) is 72.3 Å². The molecule has 0 aromatic heterocycles. The van der Waals surface area contributed by atoms with Gasteiger partial charge in [0.1, 0.15) is 0 Å². The molecule has 0 radical (unpaired) electrons. The molecule has 0 bridgehead atoms. The van der Waals surface area contributed by atoms with Crippen LogP contribution in [0.25, 0.3) is 11.1 Å². The maximum absolute atomic E-state index is 12.8. The van der Waals surface area contributed by atoms with Gasteiger partial charge in [0.05, 0.1) is 6.04 Å². The Morgan fingerprint density at radius 1 is 1.17 bits per heavy atom. The molecule has 0 spiro atoms. The summed E-state index contributed by atoms with van der Waals surface area (Å²) in [6.07, 6.45) is 10.0. The monoisotopic (exact) mass is 405 g/mol. The molecule has 0 aliphatic rings. The normalized spacial score (nSPS) is 11.1. The lowest BCUT2D eigenvalue weighted by atomic mass is 9.98. The second-order valence-corrected chi connectivity index (χ2v) is 7.48. The number of carbonyl (C=O) groups excluding carboxylic acids is 1. The highest BCUT2D eigenvalue weighted by Gasteiger charge is 2.23. The van der Waals surface area contributed by atoms with Gasteiger partial charge < -0.3 is 10.0 Å². The SMILES string of the molecule is C#Cc1ccccc1-c1ccc(CN(C(=O)CCCC)C(C=C)C(C)C)cc1.CO. The zero-order valence-electron chi connectivity index (χ0n) is 18.8. The number of amides is 1. The standard InChI is InChI=1S/C26H31NO.CH4O/c1-6-9-14-26(28)27(25(8-3)20(4)5)19-21-15-17-23(18-16-21)24-13-11-10-12-22(24)7-2;1-2/h2,8,10-13,15-18,20,25H,3,6,9,14,19H2,1,4-5H3;2H,1H3. The molecule has 1 amide bonds. The van der Waals surface area contributed by atoms with Crippen molar-refractivity contribution in [1.82, 2.24) is 4.90 Å². The third-order valence-corrected chi connectivity index (χ3v) is 5.05. The van der Waals surface area contributed by atoms with Gasteiger partial charge in [-0.15, -0.1) is 13.0 Å². The van der Waals surface area contributed by atoms with Crippen LogP contribution in [0.1, 0.15) is 51.2 Å². The minimum Gasteiger partial charge on any atom is -0.400 e. The molecule has 160 valence electrons. The number of aliphatic hydroxyl groups excluding tert-OH is 1. The van der Waals surface area contributed by atoms with E-state index in [1.54, 1.807) is 0 Å². The summed E-state index contributed by atoms with van der Waals surface area (Å²) in [5.74, 6) is 3.27. The number of hydrogen-bond acceptors (Lipinski definition) is 2. The number of carbonyl (C=O) groups is 1. The molecule has 2 aromatic carbocycles. The van der Waals surface area contributed by atoms with E-state index in [0.717, 1.165) is 42.2 Å². The molecule has 1 atom stereocenters. The molecule has 1 N–H and O–H groups in total. The summed E-state index contributed by atoms with van der Waals surface area (Å²) in [5, 5.41) is 7.00. The van der Waals surface area contributed by atoms with E-state index in [2.05, 4.69) is 57.5 Å². The lowest BCUT2D eigenvalue weighted by Crippen LogP contribution is -2.41. The minimum atomic E-state index is 0.0335. The van der Waals surface area contributed by atoms with Gasteiger partial charge >= 0.3 is 0 Å². The summed E-state index contributed by atoms with van der Waals surface area (Å²) in [6, 6.07) is 16.3. The maximum atomic E-state index is 12.8. The average Bonchev–Trinajstić information content (AvgIpc) is 2.78. The first-order valence-electron chi connectivity index (χ1n) is 10.5. The van der Waals surface area contributed by atoms with Crippen LogP contribution in [0, 0.1) is 18.3 Å². The van der Waals surface area contributed by atoms with Gasteiger partial charge in [0.15, 0.2) is 0 Å². The third-order valence-electron chi connectivity index (χ3n) is 5.05. The third kappa shape index (κ3) is 6.90. The summed E-state index contributed by atoms with van der Waals surface area (Å²) < 4.78 is 0. The van der Waals surface area contributed by atoms with Crippen molar-refractivity contribution in [2.75, 3.05) is 7.11 Å². The van der Waals surface area contributed by atoms with Crippen LogP contribution in [0.4, 0.5) is 0 Å². The summed E-state index contributed by atoms with van der Waals surface area (Å²) in [7, 11) is 1.00. The quantitative estimate of drug-likeness (QED) is 0.431. The average molecular weight is 406 g/mol. The van der Waals surface area contributed by atoms with E-state index in [1.807, 2.05) is 35.2 Å². The number of unbranched alkanes of at least 4 members (excludes halogenated alkanes) is 1. The van der Waals surface area contributed by atoms with E-state index in [4.69, 9.17) is 11.5 Å². The van der Waals surface area contributed by atoms with Crippen molar-refractivity contribution in [3.8, 4) is 23.5 Å². The van der Waals surface area contributed by atoms with Gasteiger partial charge in [-0.25, -0.2) is 0 Å². The first-order chi connectivity index (χ1) is 14.5. The lowest BCUT2D eigenvalue weighted by Gasteiger charge is -2.33. The van der Waals surface area contributed by atoms with Crippen LogP contribution in [-0.4, -0.2) is 29.1 Å². The van der Waals surface area contributed by atoms with Gasteiger partial charge in [0.25, 0.3) is 0 Å². The number of aliphatic hydroxyl groups is 1. The van der Waals surface area contributed by atoms with E-state index in [0.29, 0.717) is 18.9 Å². The highest BCUT2D eigenvalue weighted by Crippen LogP contribution is 2.25. The van der Waals surface area contributed by atoms with E-state index in [9.17, 15) is 4.79 Å². The van der Waals surface area contributed by atoms with Crippen LogP contribution in [-0.2, 0) is 11.3 Å². The zero-order chi connectivity index (χ0) is 22.5. The molecule has 3 nitrogen and oxygen atoms in total. The molecule has 1 unspecified atom stereocenters.